The van der Waals surface area contributed by atoms with Gasteiger partial charge in [0.15, 0.2) is 0 Å². The first kappa shape index (κ1) is 22.7. The third-order valence-corrected chi connectivity index (χ3v) is 7.59. The van der Waals surface area contributed by atoms with Crippen LogP contribution in [0.2, 0.25) is 0 Å². The van der Waals surface area contributed by atoms with Crippen molar-refractivity contribution in [1.29, 1.82) is 0 Å². The van der Waals surface area contributed by atoms with Crippen molar-refractivity contribution < 1.29 is 27.5 Å². The second-order valence-corrected chi connectivity index (χ2v) is 10.2. The summed E-state index contributed by atoms with van der Waals surface area (Å²) in [5.74, 6) is -0.909. The molecular formula is C22H24N4O6S. The monoisotopic (exact) mass is 472 g/mol. The first-order chi connectivity index (χ1) is 15.6. The van der Waals surface area contributed by atoms with Crippen LogP contribution in [0.4, 0.5) is 11.4 Å². The van der Waals surface area contributed by atoms with Crippen LogP contribution in [-0.4, -0.2) is 69.1 Å². The maximum absolute atomic E-state index is 13.0. The molecule has 0 aromatic heterocycles. The fourth-order valence-corrected chi connectivity index (χ4v) is 4.92. The Bertz CT molecular complexity index is 1260. The highest BCUT2D eigenvalue weighted by Gasteiger charge is 2.38. The van der Waals surface area contributed by atoms with Gasteiger partial charge in [0.25, 0.3) is 11.8 Å². The number of anilines is 2. The van der Waals surface area contributed by atoms with Crippen LogP contribution in [0.25, 0.3) is 0 Å². The molecule has 174 valence electrons. The number of hydrogen-bond donors (Lipinski definition) is 2. The van der Waals surface area contributed by atoms with Crippen molar-refractivity contribution in [3.63, 3.8) is 0 Å². The Hall–Kier alpha value is -3.44. The lowest BCUT2D eigenvalue weighted by molar-refractivity contribution is -0.119. The Balaban J connectivity index is 1.66. The highest BCUT2D eigenvalue weighted by molar-refractivity contribution is 7.89. The van der Waals surface area contributed by atoms with E-state index < -0.39 is 22.0 Å². The zero-order valence-electron chi connectivity index (χ0n) is 18.4. The van der Waals surface area contributed by atoms with Gasteiger partial charge in [-0.25, -0.2) is 12.7 Å². The minimum Gasteiger partial charge on any atom is -0.496 e. The average Bonchev–Trinajstić information content (AvgIpc) is 3.26. The summed E-state index contributed by atoms with van der Waals surface area (Å²) in [6.07, 6.45) is 1.36. The maximum atomic E-state index is 13.0. The van der Waals surface area contributed by atoms with Crippen LogP contribution >= 0.6 is 0 Å². The molecule has 0 saturated carbocycles. The van der Waals surface area contributed by atoms with Crippen LogP contribution in [0.5, 0.6) is 5.75 Å². The Morgan fingerprint density at radius 1 is 1.18 bits per heavy atom. The molecule has 2 aliphatic heterocycles. The van der Waals surface area contributed by atoms with Crippen molar-refractivity contribution in [1.82, 2.24) is 9.21 Å². The van der Waals surface area contributed by atoms with E-state index in [2.05, 4.69) is 10.6 Å². The Morgan fingerprint density at radius 2 is 1.94 bits per heavy atom. The van der Waals surface area contributed by atoms with Crippen molar-refractivity contribution in [2.24, 2.45) is 0 Å². The van der Waals surface area contributed by atoms with Gasteiger partial charge in [-0.2, -0.15) is 0 Å². The number of sulfonamides is 1. The van der Waals surface area contributed by atoms with Crippen LogP contribution in [0.1, 0.15) is 33.6 Å². The summed E-state index contributed by atoms with van der Waals surface area (Å²) >= 11 is 0. The summed E-state index contributed by atoms with van der Waals surface area (Å²) in [6.45, 7) is 0.497. The molecule has 1 unspecified atom stereocenters. The minimum absolute atomic E-state index is 0.0228. The van der Waals surface area contributed by atoms with Gasteiger partial charge < -0.3 is 20.3 Å². The molecule has 2 heterocycles. The number of carbonyl (C=O) groups excluding carboxylic acids is 3. The van der Waals surface area contributed by atoms with E-state index in [4.69, 9.17) is 4.74 Å². The molecule has 3 amide bonds. The molecule has 0 aliphatic carbocycles. The van der Waals surface area contributed by atoms with Crippen molar-refractivity contribution in [3.05, 3.63) is 47.5 Å². The van der Waals surface area contributed by atoms with Gasteiger partial charge in [0, 0.05) is 26.3 Å². The van der Waals surface area contributed by atoms with E-state index in [0.29, 0.717) is 24.3 Å². The van der Waals surface area contributed by atoms with E-state index in [1.807, 2.05) is 0 Å². The van der Waals surface area contributed by atoms with E-state index in [0.717, 1.165) is 10.7 Å². The van der Waals surface area contributed by atoms with Crippen LogP contribution < -0.4 is 15.4 Å². The molecule has 2 aromatic rings. The Morgan fingerprint density at radius 3 is 2.64 bits per heavy atom. The highest BCUT2D eigenvalue weighted by Crippen LogP contribution is 2.31. The number of rotatable bonds is 5. The number of nitrogens with one attached hydrogen (secondary N) is 2. The predicted octanol–water partition coefficient (Wildman–Crippen LogP) is 1.75. The number of methoxy groups -OCH3 is 1. The Kier molecular flexibility index (Phi) is 5.85. The second-order valence-electron chi connectivity index (χ2n) is 8.01. The molecule has 11 heteroatoms. The van der Waals surface area contributed by atoms with Crippen molar-refractivity contribution in [2.45, 2.75) is 23.8 Å². The molecular weight excluding hydrogens is 448 g/mol. The van der Waals surface area contributed by atoms with Crippen LogP contribution in [0.3, 0.4) is 0 Å². The third-order valence-electron chi connectivity index (χ3n) is 5.78. The SMILES string of the molecule is COc1ccc(S(=O)(=O)N(C)C)cc1C(=O)Nc1ccc2c(c1)C(=O)N1CCCC1C(=O)N2. The fourth-order valence-electron chi connectivity index (χ4n) is 4.00. The molecule has 0 spiro atoms. The Labute approximate surface area is 191 Å². The lowest BCUT2D eigenvalue weighted by atomic mass is 10.1. The molecule has 2 aromatic carbocycles. The van der Waals surface area contributed by atoms with E-state index >= 15 is 0 Å². The molecule has 1 atom stereocenters. The molecule has 33 heavy (non-hydrogen) atoms. The molecule has 2 N–H and O–H groups in total. The summed E-state index contributed by atoms with van der Waals surface area (Å²) in [5, 5.41) is 5.48. The van der Waals surface area contributed by atoms with Gasteiger partial charge in [0.1, 0.15) is 11.8 Å². The van der Waals surface area contributed by atoms with E-state index in [9.17, 15) is 22.8 Å². The normalized spacial score (nSPS) is 17.8. The quantitative estimate of drug-likeness (QED) is 0.683. The molecule has 0 bridgehead atoms. The van der Waals surface area contributed by atoms with E-state index in [1.165, 1.54) is 45.5 Å². The number of hydrogen-bond acceptors (Lipinski definition) is 6. The summed E-state index contributed by atoms with van der Waals surface area (Å²) in [4.78, 5) is 40.0. The van der Waals surface area contributed by atoms with Gasteiger partial charge in [-0.1, -0.05) is 0 Å². The fraction of sp³-hybridized carbons (Fsp3) is 0.318. The number of ether oxygens (including phenoxy) is 1. The third kappa shape index (κ3) is 4.05. The zero-order chi connectivity index (χ0) is 23.9. The number of fused-ring (bicyclic) bond motifs is 2. The summed E-state index contributed by atoms with van der Waals surface area (Å²) in [7, 11) is 0.414. The number of amides is 3. The smallest absolute Gasteiger partial charge is 0.259 e. The van der Waals surface area contributed by atoms with Crippen molar-refractivity contribution in [2.75, 3.05) is 38.4 Å². The van der Waals surface area contributed by atoms with Gasteiger partial charge in [-0.3, -0.25) is 14.4 Å². The largest absolute Gasteiger partial charge is 0.496 e. The summed E-state index contributed by atoms with van der Waals surface area (Å²) in [6, 6.07) is 8.15. The van der Waals surface area contributed by atoms with Gasteiger partial charge in [0.2, 0.25) is 15.9 Å². The van der Waals surface area contributed by atoms with Crippen LogP contribution in [0.15, 0.2) is 41.3 Å². The number of nitrogens with zero attached hydrogens (tertiary/aromatic N) is 2. The molecule has 1 fully saturated rings. The molecule has 1 saturated heterocycles. The summed E-state index contributed by atoms with van der Waals surface area (Å²) in [5.41, 5.74) is 1.01. The molecule has 2 aliphatic rings. The van der Waals surface area contributed by atoms with Gasteiger partial charge in [-0.15, -0.1) is 0 Å². The zero-order valence-corrected chi connectivity index (χ0v) is 19.2. The van der Waals surface area contributed by atoms with Gasteiger partial charge in [0.05, 0.1) is 28.8 Å². The number of carbonyl (C=O) groups is 3. The van der Waals surface area contributed by atoms with Gasteiger partial charge >= 0.3 is 0 Å². The standard InChI is InChI=1S/C22H24N4O6S/c1-25(2)33(30,31)14-7-9-19(32-3)16(12-14)20(27)23-13-6-8-17-15(11-13)22(29)26-10-4-5-18(26)21(28)24-17/h6-9,11-12,18H,4-5,10H2,1-3H3,(H,23,27)(H,24,28). The van der Waals surface area contributed by atoms with Crippen molar-refractivity contribution >= 4 is 39.1 Å². The average molecular weight is 473 g/mol. The molecule has 10 nitrogen and oxygen atoms in total. The van der Waals surface area contributed by atoms with Crippen molar-refractivity contribution in [3.8, 4) is 5.75 Å². The first-order valence-corrected chi connectivity index (χ1v) is 11.8. The van der Waals surface area contributed by atoms with Crippen LogP contribution in [0, 0.1) is 0 Å². The summed E-state index contributed by atoms with van der Waals surface area (Å²) < 4.78 is 31.3. The predicted molar refractivity (Wildman–Crippen MR) is 121 cm³/mol. The van der Waals surface area contributed by atoms with E-state index in [-0.39, 0.29) is 33.6 Å². The van der Waals surface area contributed by atoms with Gasteiger partial charge in [-0.05, 0) is 49.2 Å². The topological polar surface area (TPSA) is 125 Å². The first-order valence-electron chi connectivity index (χ1n) is 10.3. The maximum Gasteiger partial charge on any atom is 0.259 e. The molecule has 0 radical (unpaired) electrons. The van der Waals surface area contributed by atoms with Crippen LogP contribution in [-0.2, 0) is 14.8 Å². The highest BCUT2D eigenvalue weighted by atomic mass is 32.2. The lowest BCUT2D eigenvalue weighted by Crippen LogP contribution is -2.40. The van der Waals surface area contributed by atoms with E-state index in [1.54, 1.807) is 17.0 Å². The second kappa shape index (κ2) is 8.49. The molecule has 4 rings (SSSR count). The minimum atomic E-state index is -3.76. The number of benzene rings is 2. The lowest BCUT2D eigenvalue weighted by Gasteiger charge is -2.20.